The van der Waals surface area contributed by atoms with Gasteiger partial charge in [-0.3, -0.25) is 0 Å². The normalized spacial score (nSPS) is 11.5. The van der Waals surface area contributed by atoms with Gasteiger partial charge in [-0.05, 0) is 17.2 Å². The second-order valence-corrected chi connectivity index (χ2v) is 5.24. The average Bonchev–Trinajstić information content (AvgIpc) is 2.69. The Hall–Kier alpha value is -2.56. The van der Waals surface area contributed by atoms with Crippen LogP contribution in [0.3, 0.4) is 0 Å². The summed E-state index contributed by atoms with van der Waals surface area (Å²) in [5.41, 5.74) is 4.31. The first-order valence-corrected chi connectivity index (χ1v) is 7.11. The fourth-order valence-electron chi connectivity index (χ4n) is 2.93. The Morgan fingerprint density at radius 2 is 1.23 bits per heavy atom. The Kier molecular flexibility index (Phi) is 3.00. The molecule has 0 aromatic heterocycles. The van der Waals surface area contributed by atoms with E-state index in [1.165, 1.54) is 0 Å². The van der Waals surface area contributed by atoms with Crippen molar-refractivity contribution in [1.29, 1.82) is 0 Å². The summed E-state index contributed by atoms with van der Waals surface area (Å²) in [5.74, 6) is 1.21. The van der Waals surface area contributed by atoms with E-state index >= 15 is 0 Å². The first-order valence-electron chi connectivity index (χ1n) is 7.11. The van der Waals surface area contributed by atoms with Crippen molar-refractivity contribution >= 4 is 12.6 Å². The van der Waals surface area contributed by atoms with Crippen LogP contribution in [-0.4, -0.2) is 17.2 Å². The lowest BCUT2D eigenvalue weighted by Crippen LogP contribution is -2.31. The molecule has 1 aliphatic heterocycles. The van der Waals surface area contributed by atoms with E-state index in [9.17, 15) is 10.0 Å². The van der Waals surface area contributed by atoms with Gasteiger partial charge in [-0.25, -0.2) is 0 Å². The molecule has 0 saturated heterocycles. The van der Waals surface area contributed by atoms with Crippen LogP contribution in [0.5, 0.6) is 11.5 Å². The molecule has 0 atom stereocenters. The zero-order chi connectivity index (χ0) is 15.1. The average molecular weight is 288 g/mol. The molecule has 106 valence electrons. The van der Waals surface area contributed by atoms with Crippen LogP contribution in [-0.2, 0) is 0 Å². The molecule has 1 heterocycles. The Labute approximate surface area is 128 Å². The van der Waals surface area contributed by atoms with Gasteiger partial charge in [0.2, 0.25) is 0 Å². The molecule has 0 amide bonds. The minimum Gasteiger partial charge on any atom is -0.456 e. The maximum absolute atomic E-state index is 9.64. The Morgan fingerprint density at radius 1 is 0.636 bits per heavy atom. The van der Waals surface area contributed by atoms with Crippen molar-refractivity contribution in [2.24, 2.45) is 0 Å². The molecule has 0 aliphatic carbocycles. The standard InChI is InChI=1S/C18H13BO3/c20-19(21)16-10-5-9-15-13-7-2-1-6-12(13)14-8-3-4-11-17(14)22-18(15)16/h1-11,20-21H. The zero-order valence-electron chi connectivity index (χ0n) is 11.7. The number of hydrogen-bond acceptors (Lipinski definition) is 3. The van der Waals surface area contributed by atoms with Crippen molar-refractivity contribution < 1.29 is 14.8 Å². The van der Waals surface area contributed by atoms with Gasteiger partial charge < -0.3 is 14.8 Å². The maximum atomic E-state index is 9.64. The van der Waals surface area contributed by atoms with Crippen LogP contribution in [0.15, 0.2) is 66.7 Å². The lowest BCUT2D eigenvalue weighted by atomic mass is 9.77. The molecule has 0 fully saturated rings. The van der Waals surface area contributed by atoms with Crippen LogP contribution in [0, 0.1) is 0 Å². The van der Waals surface area contributed by atoms with E-state index in [2.05, 4.69) is 6.07 Å². The topological polar surface area (TPSA) is 49.7 Å². The second kappa shape index (κ2) is 5.02. The highest BCUT2D eigenvalue weighted by molar-refractivity contribution is 6.60. The van der Waals surface area contributed by atoms with Gasteiger partial charge in [0.25, 0.3) is 0 Å². The van der Waals surface area contributed by atoms with Crippen LogP contribution < -0.4 is 10.2 Å². The third kappa shape index (κ3) is 1.93. The van der Waals surface area contributed by atoms with Gasteiger partial charge in [0.1, 0.15) is 11.5 Å². The summed E-state index contributed by atoms with van der Waals surface area (Å²) in [6, 6.07) is 21.2. The molecule has 0 radical (unpaired) electrons. The molecule has 4 rings (SSSR count). The minimum atomic E-state index is -1.58. The SMILES string of the molecule is OB(O)c1cccc2c1Oc1ccccc1-c1ccccc1-2. The monoisotopic (exact) mass is 288 g/mol. The molecular weight excluding hydrogens is 275 g/mol. The quantitative estimate of drug-likeness (QED) is 0.529. The lowest BCUT2D eigenvalue weighted by molar-refractivity contribution is 0.421. The van der Waals surface area contributed by atoms with Crippen molar-refractivity contribution in [2.75, 3.05) is 0 Å². The van der Waals surface area contributed by atoms with Gasteiger partial charge in [-0.2, -0.15) is 0 Å². The highest BCUT2D eigenvalue weighted by atomic mass is 16.5. The Morgan fingerprint density at radius 3 is 1.95 bits per heavy atom. The van der Waals surface area contributed by atoms with Crippen molar-refractivity contribution in [2.45, 2.75) is 0 Å². The van der Waals surface area contributed by atoms with Crippen molar-refractivity contribution in [3.63, 3.8) is 0 Å². The predicted octanol–water partition coefficient (Wildman–Crippen LogP) is 2.81. The Bertz CT molecular complexity index is 858. The molecule has 0 bridgehead atoms. The molecule has 4 heteroatoms. The van der Waals surface area contributed by atoms with Gasteiger partial charge in [-0.1, -0.05) is 60.7 Å². The van der Waals surface area contributed by atoms with Crippen LogP contribution >= 0.6 is 0 Å². The first kappa shape index (κ1) is 13.1. The van der Waals surface area contributed by atoms with Crippen molar-refractivity contribution in [3.8, 4) is 33.8 Å². The molecule has 3 aromatic rings. The molecule has 22 heavy (non-hydrogen) atoms. The van der Waals surface area contributed by atoms with E-state index < -0.39 is 7.12 Å². The predicted molar refractivity (Wildman–Crippen MR) is 87.2 cm³/mol. The summed E-state index contributed by atoms with van der Waals surface area (Å²) < 4.78 is 6.06. The molecule has 0 unspecified atom stereocenters. The summed E-state index contributed by atoms with van der Waals surface area (Å²) in [6.07, 6.45) is 0. The summed E-state index contributed by atoms with van der Waals surface area (Å²) in [4.78, 5) is 0. The van der Waals surface area contributed by atoms with E-state index in [0.717, 1.165) is 22.3 Å². The summed E-state index contributed by atoms with van der Waals surface area (Å²) in [7, 11) is -1.58. The summed E-state index contributed by atoms with van der Waals surface area (Å²) in [5, 5.41) is 19.3. The van der Waals surface area contributed by atoms with Gasteiger partial charge in [0.15, 0.2) is 0 Å². The van der Waals surface area contributed by atoms with Gasteiger partial charge in [0.05, 0.1) is 0 Å². The number of benzene rings is 3. The third-order valence-electron chi connectivity index (χ3n) is 3.93. The van der Waals surface area contributed by atoms with Crippen LogP contribution in [0.1, 0.15) is 0 Å². The van der Waals surface area contributed by atoms with Gasteiger partial charge in [0, 0.05) is 16.6 Å². The minimum absolute atomic E-state index is 0.365. The second-order valence-electron chi connectivity index (χ2n) is 5.24. The van der Waals surface area contributed by atoms with E-state index in [0.29, 0.717) is 17.0 Å². The van der Waals surface area contributed by atoms with E-state index in [1.807, 2.05) is 54.6 Å². The van der Waals surface area contributed by atoms with E-state index in [4.69, 9.17) is 4.74 Å². The summed E-state index contributed by atoms with van der Waals surface area (Å²) >= 11 is 0. The molecule has 3 nitrogen and oxygen atoms in total. The molecular formula is C18H13BO3. The fourth-order valence-corrected chi connectivity index (χ4v) is 2.93. The molecule has 3 aromatic carbocycles. The Balaban J connectivity index is 2.10. The third-order valence-corrected chi connectivity index (χ3v) is 3.93. The lowest BCUT2D eigenvalue weighted by Gasteiger charge is -2.13. The van der Waals surface area contributed by atoms with E-state index in [1.54, 1.807) is 6.07 Å². The highest BCUT2D eigenvalue weighted by Crippen LogP contribution is 2.45. The fraction of sp³-hybridized carbons (Fsp3) is 0. The van der Waals surface area contributed by atoms with Crippen LogP contribution in [0.4, 0.5) is 0 Å². The number of para-hydroxylation sites is 2. The largest absolute Gasteiger partial charge is 0.492 e. The number of rotatable bonds is 1. The van der Waals surface area contributed by atoms with Crippen LogP contribution in [0.2, 0.25) is 0 Å². The maximum Gasteiger partial charge on any atom is 0.492 e. The number of hydrogen-bond donors (Lipinski definition) is 2. The van der Waals surface area contributed by atoms with Crippen molar-refractivity contribution in [3.05, 3.63) is 66.7 Å². The molecule has 1 aliphatic rings. The van der Waals surface area contributed by atoms with Crippen molar-refractivity contribution in [1.82, 2.24) is 0 Å². The molecule has 0 saturated carbocycles. The summed E-state index contributed by atoms with van der Waals surface area (Å²) in [6.45, 7) is 0. The smallest absolute Gasteiger partial charge is 0.456 e. The number of fused-ring (bicyclic) bond motifs is 5. The van der Waals surface area contributed by atoms with Gasteiger partial charge in [-0.15, -0.1) is 0 Å². The number of ether oxygens (including phenoxy) is 1. The van der Waals surface area contributed by atoms with E-state index in [-0.39, 0.29) is 0 Å². The highest BCUT2D eigenvalue weighted by Gasteiger charge is 2.26. The van der Waals surface area contributed by atoms with Gasteiger partial charge >= 0.3 is 7.12 Å². The zero-order valence-corrected chi connectivity index (χ0v) is 11.7. The molecule has 0 spiro atoms. The molecule has 2 N–H and O–H groups in total. The van der Waals surface area contributed by atoms with Crippen LogP contribution in [0.25, 0.3) is 22.3 Å². The first-order chi connectivity index (χ1) is 10.8.